The Morgan fingerprint density at radius 3 is 2.48 bits per heavy atom. The number of benzene rings is 2. The molecule has 0 aliphatic heterocycles. The van der Waals surface area contributed by atoms with Crippen LogP contribution >= 0.6 is 11.6 Å². The molecule has 5 heteroatoms. The molecule has 2 amide bonds. The molecule has 0 heterocycles. The van der Waals surface area contributed by atoms with Crippen molar-refractivity contribution in [1.82, 2.24) is 10.2 Å². The number of urea groups is 1. The van der Waals surface area contributed by atoms with E-state index in [0.29, 0.717) is 11.6 Å². The van der Waals surface area contributed by atoms with E-state index in [1.54, 1.807) is 29.3 Å². The molecule has 0 saturated carbocycles. The third-order valence-corrected chi connectivity index (χ3v) is 3.48. The van der Waals surface area contributed by atoms with Crippen LogP contribution in [-0.2, 0) is 6.54 Å². The topological polar surface area (TPSA) is 52.6 Å². The molecule has 2 aromatic rings. The van der Waals surface area contributed by atoms with Crippen LogP contribution in [0.5, 0.6) is 0 Å². The summed E-state index contributed by atoms with van der Waals surface area (Å²) in [5.74, 6) is 0. The van der Waals surface area contributed by atoms with Gasteiger partial charge in [0.05, 0.1) is 6.61 Å². The number of amides is 2. The molecule has 0 bridgehead atoms. The first-order chi connectivity index (χ1) is 11.2. The molecule has 0 spiro atoms. The lowest BCUT2D eigenvalue weighted by Gasteiger charge is -2.21. The lowest BCUT2D eigenvalue weighted by atomic mass is 10.2. The molecule has 0 atom stereocenters. The molecular weight excluding hydrogens is 312 g/mol. The molecule has 2 rings (SSSR count). The predicted octanol–water partition coefficient (Wildman–Crippen LogP) is 3.51. The summed E-state index contributed by atoms with van der Waals surface area (Å²) in [6.45, 7) is 0.638. The molecule has 2 N–H and O–H groups in total. The lowest BCUT2D eigenvalue weighted by Crippen LogP contribution is -2.38. The van der Waals surface area contributed by atoms with Crippen LogP contribution in [0.3, 0.4) is 0 Å². The zero-order chi connectivity index (χ0) is 16.5. The molecule has 4 nitrogen and oxygen atoms in total. The molecular formula is C18H19ClN2O2. The lowest BCUT2D eigenvalue weighted by molar-refractivity contribution is 0.177. The van der Waals surface area contributed by atoms with E-state index in [1.165, 1.54) is 0 Å². The van der Waals surface area contributed by atoms with Crippen molar-refractivity contribution < 1.29 is 9.90 Å². The van der Waals surface area contributed by atoms with Crippen LogP contribution in [0, 0.1) is 0 Å². The second-order valence-corrected chi connectivity index (χ2v) is 5.40. The van der Waals surface area contributed by atoms with Crippen molar-refractivity contribution in [3.8, 4) is 0 Å². The molecule has 23 heavy (non-hydrogen) atoms. The molecule has 2 aromatic carbocycles. The van der Waals surface area contributed by atoms with Gasteiger partial charge in [-0.05, 0) is 29.3 Å². The maximum absolute atomic E-state index is 12.2. The van der Waals surface area contributed by atoms with E-state index in [1.807, 2.05) is 42.5 Å². The van der Waals surface area contributed by atoms with E-state index in [0.717, 1.165) is 11.1 Å². The summed E-state index contributed by atoms with van der Waals surface area (Å²) in [4.78, 5) is 13.8. The van der Waals surface area contributed by atoms with E-state index in [9.17, 15) is 4.79 Å². The van der Waals surface area contributed by atoms with E-state index in [2.05, 4.69) is 5.32 Å². The highest BCUT2D eigenvalue weighted by atomic mass is 35.5. The number of nitrogens with zero attached hydrogens (tertiary/aromatic N) is 1. The second kappa shape index (κ2) is 8.98. The highest BCUT2D eigenvalue weighted by Crippen LogP contribution is 2.10. The van der Waals surface area contributed by atoms with Crippen LogP contribution in [0.15, 0.2) is 60.8 Å². The summed E-state index contributed by atoms with van der Waals surface area (Å²) in [6, 6.07) is 16.7. The maximum Gasteiger partial charge on any atom is 0.321 e. The second-order valence-electron chi connectivity index (χ2n) is 4.97. The summed E-state index contributed by atoms with van der Waals surface area (Å²) >= 11 is 5.83. The molecule has 0 radical (unpaired) electrons. The van der Waals surface area contributed by atoms with Crippen LogP contribution in [0.25, 0.3) is 6.08 Å². The highest BCUT2D eigenvalue weighted by molar-refractivity contribution is 6.30. The van der Waals surface area contributed by atoms with Crippen molar-refractivity contribution in [2.45, 2.75) is 6.54 Å². The number of carbonyl (C=O) groups excluding carboxylic acids is 1. The first kappa shape index (κ1) is 17.1. The number of halogens is 1. The Bertz CT molecular complexity index is 642. The van der Waals surface area contributed by atoms with Crippen molar-refractivity contribution >= 4 is 23.7 Å². The Morgan fingerprint density at radius 2 is 1.83 bits per heavy atom. The van der Waals surface area contributed by atoms with Crippen molar-refractivity contribution in [2.24, 2.45) is 0 Å². The summed E-state index contributed by atoms with van der Waals surface area (Å²) in [5, 5.41) is 12.5. The van der Waals surface area contributed by atoms with Gasteiger partial charge >= 0.3 is 6.03 Å². The Labute approximate surface area is 141 Å². The van der Waals surface area contributed by atoms with Gasteiger partial charge in [0.25, 0.3) is 0 Å². The molecule has 0 aliphatic rings. The minimum atomic E-state index is -0.256. The number of aliphatic hydroxyl groups is 1. The fourth-order valence-corrected chi connectivity index (χ4v) is 2.18. The van der Waals surface area contributed by atoms with E-state index < -0.39 is 0 Å². The van der Waals surface area contributed by atoms with E-state index in [4.69, 9.17) is 16.7 Å². The van der Waals surface area contributed by atoms with Gasteiger partial charge in [-0.15, -0.1) is 0 Å². The van der Waals surface area contributed by atoms with E-state index in [-0.39, 0.29) is 19.2 Å². The molecule has 0 fully saturated rings. The monoisotopic (exact) mass is 330 g/mol. The van der Waals surface area contributed by atoms with Gasteiger partial charge in [0.1, 0.15) is 0 Å². The standard InChI is InChI=1S/C18H19ClN2O2/c19-17-8-6-15(7-9-17)10-11-20-18(23)21(12-13-22)14-16-4-2-1-3-5-16/h1-11,22H,12-14H2,(H,20,23)/b11-10+. The summed E-state index contributed by atoms with van der Waals surface area (Å²) in [7, 11) is 0. The third-order valence-electron chi connectivity index (χ3n) is 3.23. The quantitative estimate of drug-likeness (QED) is 0.851. The number of nitrogens with one attached hydrogen (secondary N) is 1. The van der Waals surface area contributed by atoms with Gasteiger partial charge in [0.2, 0.25) is 0 Å². The van der Waals surface area contributed by atoms with Gasteiger partial charge in [0.15, 0.2) is 0 Å². The minimum Gasteiger partial charge on any atom is -0.395 e. The normalized spacial score (nSPS) is 10.7. The van der Waals surface area contributed by atoms with Gasteiger partial charge < -0.3 is 15.3 Å². The molecule has 0 aliphatic carbocycles. The number of aliphatic hydroxyl groups excluding tert-OH is 1. The summed E-state index contributed by atoms with van der Waals surface area (Å²) < 4.78 is 0. The summed E-state index contributed by atoms with van der Waals surface area (Å²) in [5.41, 5.74) is 1.95. The van der Waals surface area contributed by atoms with Crippen molar-refractivity contribution in [1.29, 1.82) is 0 Å². The Morgan fingerprint density at radius 1 is 1.13 bits per heavy atom. The van der Waals surface area contributed by atoms with Crippen molar-refractivity contribution in [2.75, 3.05) is 13.2 Å². The first-order valence-electron chi connectivity index (χ1n) is 7.31. The number of carbonyl (C=O) groups is 1. The number of hydrogen-bond acceptors (Lipinski definition) is 2. The Balaban J connectivity index is 1.93. The van der Waals surface area contributed by atoms with Crippen LogP contribution < -0.4 is 5.32 Å². The van der Waals surface area contributed by atoms with Gasteiger partial charge in [-0.2, -0.15) is 0 Å². The molecule has 0 aromatic heterocycles. The van der Waals surface area contributed by atoms with Crippen LogP contribution in [0.1, 0.15) is 11.1 Å². The largest absolute Gasteiger partial charge is 0.395 e. The van der Waals surface area contributed by atoms with Crippen LogP contribution in [0.4, 0.5) is 4.79 Å². The first-order valence-corrected chi connectivity index (χ1v) is 7.69. The Kier molecular flexibility index (Phi) is 6.66. The average molecular weight is 331 g/mol. The molecule has 0 saturated heterocycles. The fraction of sp³-hybridized carbons (Fsp3) is 0.167. The fourth-order valence-electron chi connectivity index (χ4n) is 2.05. The van der Waals surface area contributed by atoms with Crippen LogP contribution in [0.2, 0.25) is 5.02 Å². The molecule has 0 unspecified atom stereocenters. The third kappa shape index (κ3) is 5.77. The van der Waals surface area contributed by atoms with Gasteiger partial charge in [0, 0.05) is 24.3 Å². The van der Waals surface area contributed by atoms with Crippen molar-refractivity contribution in [3.63, 3.8) is 0 Å². The van der Waals surface area contributed by atoms with Crippen LogP contribution in [-0.4, -0.2) is 29.2 Å². The van der Waals surface area contributed by atoms with Gasteiger partial charge in [-0.3, -0.25) is 0 Å². The smallest absolute Gasteiger partial charge is 0.321 e. The summed E-state index contributed by atoms with van der Waals surface area (Å²) in [6.07, 6.45) is 3.37. The average Bonchev–Trinajstić information content (AvgIpc) is 2.57. The van der Waals surface area contributed by atoms with Gasteiger partial charge in [-0.25, -0.2) is 4.79 Å². The SMILES string of the molecule is O=C(N/C=C/c1ccc(Cl)cc1)N(CCO)Cc1ccccc1. The number of hydrogen-bond donors (Lipinski definition) is 2. The maximum atomic E-state index is 12.2. The zero-order valence-corrected chi connectivity index (χ0v) is 13.4. The minimum absolute atomic E-state index is 0.0822. The van der Waals surface area contributed by atoms with Gasteiger partial charge in [-0.1, -0.05) is 54.1 Å². The number of rotatable bonds is 6. The zero-order valence-electron chi connectivity index (χ0n) is 12.7. The predicted molar refractivity (Wildman–Crippen MR) is 93.0 cm³/mol. The van der Waals surface area contributed by atoms with E-state index >= 15 is 0 Å². The molecule has 120 valence electrons. The van der Waals surface area contributed by atoms with Crippen molar-refractivity contribution in [3.05, 3.63) is 76.9 Å². The Hall–Kier alpha value is -2.30. The highest BCUT2D eigenvalue weighted by Gasteiger charge is 2.11.